The van der Waals surface area contributed by atoms with Crippen LogP contribution in [0.2, 0.25) is 0 Å². The van der Waals surface area contributed by atoms with Gasteiger partial charge in [0.2, 0.25) is 0 Å². The topological polar surface area (TPSA) is 35.6 Å². The molecule has 0 spiro atoms. The van der Waals surface area contributed by atoms with Crippen molar-refractivity contribution in [2.45, 2.75) is 0 Å². The zero-order valence-corrected chi connectivity index (χ0v) is 9.79. The highest BCUT2D eigenvalue weighted by Gasteiger charge is 1.97. The van der Waals surface area contributed by atoms with Gasteiger partial charge >= 0.3 is 0 Å². The summed E-state index contributed by atoms with van der Waals surface area (Å²) in [4.78, 5) is 8.04. The van der Waals surface area contributed by atoms with Gasteiger partial charge in [-0.3, -0.25) is 0 Å². The maximum absolute atomic E-state index is 4.02. The molecule has 0 atom stereocenters. The van der Waals surface area contributed by atoms with Gasteiger partial charge in [0.25, 0.3) is 0 Å². The van der Waals surface area contributed by atoms with Gasteiger partial charge in [-0.25, -0.2) is 9.97 Å². The summed E-state index contributed by atoms with van der Waals surface area (Å²) in [6.45, 7) is 0. The summed E-state index contributed by atoms with van der Waals surface area (Å²) in [5, 5.41) is 0. The Balaban J connectivity index is 0.00000108. The van der Waals surface area contributed by atoms with Crippen LogP contribution in [0.5, 0.6) is 0 Å². The van der Waals surface area contributed by atoms with Gasteiger partial charge in [-0.15, -0.1) is 12.4 Å². The third-order valence-corrected chi connectivity index (χ3v) is 2.45. The normalized spacial score (nSPS) is 9.88. The van der Waals surface area contributed by atoms with Crippen molar-refractivity contribution < 1.29 is 0 Å². The molecule has 1 aromatic carbocycles. The summed E-state index contributed by atoms with van der Waals surface area (Å²) >= 11 is 0. The van der Waals surface area contributed by atoms with E-state index in [0.29, 0.717) is 0 Å². The van der Waals surface area contributed by atoms with E-state index in [1.807, 2.05) is 21.5 Å². The summed E-state index contributed by atoms with van der Waals surface area (Å²) in [6, 6.07) is 8.21. The molecule has 5 heteroatoms. The molecular weight excluding hydrogens is 236 g/mol. The van der Waals surface area contributed by atoms with E-state index in [9.17, 15) is 0 Å². The fraction of sp³-hybridized carbons (Fsp3) is 0. The van der Waals surface area contributed by atoms with Crippen LogP contribution in [0.3, 0.4) is 0 Å². The summed E-state index contributed by atoms with van der Waals surface area (Å²) < 4.78 is 3.94. The van der Waals surface area contributed by atoms with E-state index in [1.165, 1.54) is 0 Å². The van der Waals surface area contributed by atoms with Gasteiger partial charge in [0.05, 0.1) is 12.7 Å². The van der Waals surface area contributed by atoms with E-state index in [4.69, 9.17) is 0 Å². The van der Waals surface area contributed by atoms with Crippen molar-refractivity contribution >= 4 is 12.4 Å². The number of hydrogen-bond donors (Lipinski definition) is 0. The zero-order valence-electron chi connectivity index (χ0n) is 8.97. The van der Waals surface area contributed by atoms with E-state index in [1.54, 1.807) is 25.0 Å². The molecule has 4 nitrogen and oxygen atoms in total. The molecule has 0 bridgehead atoms. The second-order valence-corrected chi connectivity index (χ2v) is 3.46. The molecule has 2 heterocycles. The minimum atomic E-state index is 0. The molecule has 17 heavy (non-hydrogen) atoms. The van der Waals surface area contributed by atoms with Crippen LogP contribution in [0, 0.1) is 0 Å². The SMILES string of the molecule is Cl.c1cn(-c2ccc(-n3ccnc3)cc2)cn1. The van der Waals surface area contributed by atoms with Crippen molar-refractivity contribution in [2.75, 3.05) is 0 Å². The van der Waals surface area contributed by atoms with Gasteiger partial charge in [0.1, 0.15) is 0 Å². The Morgan fingerprint density at radius 3 is 1.41 bits per heavy atom. The Bertz CT molecular complexity index is 502. The Labute approximate surface area is 105 Å². The van der Waals surface area contributed by atoms with Crippen LogP contribution in [0.1, 0.15) is 0 Å². The third kappa shape index (κ3) is 2.21. The van der Waals surface area contributed by atoms with Gasteiger partial charge in [-0.05, 0) is 24.3 Å². The molecule has 2 aromatic heterocycles. The fourth-order valence-corrected chi connectivity index (χ4v) is 1.62. The molecule has 86 valence electrons. The maximum Gasteiger partial charge on any atom is 0.0991 e. The molecule has 0 saturated heterocycles. The van der Waals surface area contributed by atoms with E-state index < -0.39 is 0 Å². The monoisotopic (exact) mass is 246 g/mol. The van der Waals surface area contributed by atoms with E-state index >= 15 is 0 Å². The van der Waals surface area contributed by atoms with Gasteiger partial charge in [-0.2, -0.15) is 0 Å². The minimum Gasteiger partial charge on any atom is -0.306 e. The van der Waals surface area contributed by atoms with Gasteiger partial charge in [0, 0.05) is 36.2 Å². The van der Waals surface area contributed by atoms with Gasteiger partial charge < -0.3 is 9.13 Å². The first-order chi connectivity index (χ1) is 7.93. The third-order valence-electron chi connectivity index (χ3n) is 2.45. The Hall–Kier alpha value is -2.07. The molecule has 0 unspecified atom stereocenters. The Morgan fingerprint density at radius 2 is 1.12 bits per heavy atom. The molecular formula is C12H11ClN4. The van der Waals surface area contributed by atoms with Crippen LogP contribution in [0.25, 0.3) is 11.4 Å². The van der Waals surface area contributed by atoms with Crippen molar-refractivity contribution in [3.05, 3.63) is 61.7 Å². The number of nitrogens with zero attached hydrogens (tertiary/aromatic N) is 4. The first-order valence-electron chi connectivity index (χ1n) is 5.00. The van der Waals surface area contributed by atoms with Gasteiger partial charge in [0.15, 0.2) is 0 Å². The summed E-state index contributed by atoms with van der Waals surface area (Å²) in [7, 11) is 0. The Kier molecular flexibility index (Phi) is 3.25. The lowest BCUT2D eigenvalue weighted by molar-refractivity contribution is 1.03. The lowest BCUT2D eigenvalue weighted by atomic mass is 10.3. The number of hydrogen-bond acceptors (Lipinski definition) is 2. The Morgan fingerprint density at radius 1 is 0.706 bits per heavy atom. The molecule has 0 aliphatic heterocycles. The lowest BCUT2D eigenvalue weighted by Crippen LogP contribution is -1.93. The maximum atomic E-state index is 4.02. The fourth-order valence-electron chi connectivity index (χ4n) is 1.62. The van der Waals surface area contributed by atoms with Gasteiger partial charge in [-0.1, -0.05) is 0 Å². The average Bonchev–Trinajstić information content (AvgIpc) is 3.03. The first-order valence-corrected chi connectivity index (χ1v) is 5.00. The standard InChI is InChI=1S/C12H10N4.ClH/c1-2-12(16-8-6-14-10-16)4-3-11(1)15-7-5-13-9-15;/h1-10H;1H. The van der Waals surface area contributed by atoms with Crippen LogP contribution >= 0.6 is 12.4 Å². The van der Waals surface area contributed by atoms with Crippen molar-refractivity contribution in [1.29, 1.82) is 0 Å². The second kappa shape index (κ2) is 4.84. The minimum absolute atomic E-state index is 0. The van der Waals surface area contributed by atoms with E-state index in [-0.39, 0.29) is 12.4 Å². The number of imidazole rings is 2. The molecule has 0 aliphatic carbocycles. The number of halogens is 1. The van der Waals surface area contributed by atoms with Crippen molar-refractivity contribution in [3.63, 3.8) is 0 Å². The largest absolute Gasteiger partial charge is 0.306 e. The summed E-state index contributed by atoms with van der Waals surface area (Å²) in [5.74, 6) is 0. The highest BCUT2D eigenvalue weighted by atomic mass is 35.5. The quantitative estimate of drug-likeness (QED) is 0.696. The number of benzene rings is 1. The number of aromatic nitrogens is 4. The van der Waals surface area contributed by atoms with Crippen LogP contribution < -0.4 is 0 Å². The van der Waals surface area contributed by atoms with Crippen LogP contribution in [-0.4, -0.2) is 19.1 Å². The molecule has 3 rings (SSSR count). The molecule has 0 saturated carbocycles. The van der Waals surface area contributed by atoms with E-state index in [2.05, 4.69) is 34.2 Å². The smallest absolute Gasteiger partial charge is 0.0991 e. The molecule has 3 aromatic rings. The number of rotatable bonds is 2. The lowest BCUT2D eigenvalue weighted by Gasteiger charge is -2.04. The van der Waals surface area contributed by atoms with Crippen LogP contribution in [0.4, 0.5) is 0 Å². The predicted molar refractivity (Wildman–Crippen MR) is 67.9 cm³/mol. The molecule has 0 aliphatic rings. The molecule has 0 N–H and O–H groups in total. The summed E-state index contributed by atoms with van der Waals surface area (Å²) in [6.07, 6.45) is 10.9. The predicted octanol–water partition coefficient (Wildman–Crippen LogP) is 2.48. The van der Waals surface area contributed by atoms with Crippen molar-refractivity contribution in [2.24, 2.45) is 0 Å². The van der Waals surface area contributed by atoms with Crippen LogP contribution in [0.15, 0.2) is 61.7 Å². The second-order valence-electron chi connectivity index (χ2n) is 3.46. The van der Waals surface area contributed by atoms with Crippen molar-refractivity contribution in [3.8, 4) is 11.4 Å². The summed E-state index contributed by atoms with van der Waals surface area (Å²) in [5.41, 5.74) is 2.20. The zero-order chi connectivity index (χ0) is 10.8. The van der Waals surface area contributed by atoms with Crippen LogP contribution in [-0.2, 0) is 0 Å². The highest BCUT2D eigenvalue weighted by molar-refractivity contribution is 5.85. The first kappa shape index (κ1) is 11.4. The molecule has 0 radical (unpaired) electrons. The highest BCUT2D eigenvalue weighted by Crippen LogP contribution is 2.12. The average molecular weight is 247 g/mol. The van der Waals surface area contributed by atoms with E-state index in [0.717, 1.165) is 11.4 Å². The molecule has 0 fully saturated rings. The van der Waals surface area contributed by atoms with Crippen molar-refractivity contribution in [1.82, 2.24) is 19.1 Å². The molecule has 0 amide bonds.